The minimum Gasteiger partial charge on any atom is -0.0995 e. The molecule has 0 heterocycles. The van der Waals surface area contributed by atoms with Crippen LogP contribution in [0.1, 0.15) is 33.6 Å². The van der Waals surface area contributed by atoms with Gasteiger partial charge >= 0.3 is 0 Å². The lowest BCUT2D eigenvalue weighted by Crippen LogP contribution is -1.82. The van der Waals surface area contributed by atoms with E-state index in [9.17, 15) is 0 Å². The maximum absolute atomic E-state index is 3.95. The van der Waals surface area contributed by atoms with E-state index in [1.807, 2.05) is 19.9 Å². The highest BCUT2D eigenvalue weighted by Gasteiger charge is 1.93. The van der Waals surface area contributed by atoms with Crippen LogP contribution in [0.3, 0.4) is 0 Å². The first kappa shape index (κ1) is 10.2. The normalized spacial score (nSPS) is 12.5. The van der Waals surface area contributed by atoms with Gasteiger partial charge in [0, 0.05) is 0 Å². The predicted octanol–water partition coefficient (Wildman–Crippen LogP) is 3.67. The van der Waals surface area contributed by atoms with Crippen molar-refractivity contribution in [2.75, 3.05) is 0 Å². The Balaban J connectivity index is 4.00. The lowest BCUT2D eigenvalue weighted by molar-refractivity contribution is 1.01. The maximum atomic E-state index is 3.95. The number of allylic oxidation sites excluding steroid dienone is 5. The Labute approximate surface area is 70.3 Å². The van der Waals surface area contributed by atoms with Gasteiger partial charge in [0.25, 0.3) is 0 Å². The van der Waals surface area contributed by atoms with Crippen LogP contribution in [-0.4, -0.2) is 0 Å². The lowest BCUT2D eigenvalue weighted by Gasteiger charge is -2.01. The van der Waals surface area contributed by atoms with Crippen molar-refractivity contribution in [2.45, 2.75) is 33.6 Å². The Morgan fingerprint density at radius 3 is 2.55 bits per heavy atom. The van der Waals surface area contributed by atoms with Gasteiger partial charge in [0.05, 0.1) is 0 Å². The zero-order chi connectivity index (χ0) is 8.69. The van der Waals surface area contributed by atoms with E-state index in [1.54, 1.807) is 0 Å². The molecule has 0 heteroatoms. The molecule has 0 nitrogen and oxygen atoms in total. The van der Waals surface area contributed by atoms with Crippen LogP contribution >= 0.6 is 0 Å². The summed E-state index contributed by atoms with van der Waals surface area (Å²) in [6.45, 7) is 10.0. The molecule has 0 bridgehead atoms. The molecule has 0 aromatic rings. The fourth-order valence-corrected chi connectivity index (χ4v) is 0.826. The average Bonchev–Trinajstić information content (AvgIpc) is 2.03. The molecule has 0 rings (SSSR count). The molecule has 0 unspecified atom stereocenters. The highest BCUT2D eigenvalue weighted by atomic mass is 14.0. The molecule has 0 atom stereocenters. The van der Waals surface area contributed by atoms with Crippen LogP contribution in [0.25, 0.3) is 0 Å². The van der Waals surface area contributed by atoms with Crippen LogP contribution in [0.2, 0.25) is 0 Å². The van der Waals surface area contributed by atoms with Crippen LogP contribution < -0.4 is 0 Å². The fourth-order valence-electron chi connectivity index (χ4n) is 0.826. The van der Waals surface area contributed by atoms with E-state index < -0.39 is 0 Å². The SMILES string of the molecule is C=C(CC)C/C(=[C]/C)C=CC. The Hall–Kier alpha value is -0.780. The summed E-state index contributed by atoms with van der Waals surface area (Å²) in [4.78, 5) is 0. The van der Waals surface area contributed by atoms with Crippen LogP contribution in [0.4, 0.5) is 0 Å². The van der Waals surface area contributed by atoms with Gasteiger partial charge in [-0.2, -0.15) is 0 Å². The second-order valence-corrected chi connectivity index (χ2v) is 2.56. The average molecular weight is 149 g/mol. The third kappa shape index (κ3) is 4.60. The highest BCUT2D eigenvalue weighted by molar-refractivity contribution is 5.20. The summed E-state index contributed by atoms with van der Waals surface area (Å²) in [7, 11) is 0. The second kappa shape index (κ2) is 5.96. The summed E-state index contributed by atoms with van der Waals surface area (Å²) in [6.07, 6.45) is 9.29. The quantitative estimate of drug-likeness (QED) is 0.422. The van der Waals surface area contributed by atoms with Crippen molar-refractivity contribution >= 4 is 0 Å². The van der Waals surface area contributed by atoms with E-state index in [-0.39, 0.29) is 0 Å². The topological polar surface area (TPSA) is 0 Å². The van der Waals surface area contributed by atoms with Crippen molar-refractivity contribution in [3.05, 3.63) is 36.0 Å². The summed E-state index contributed by atoms with van der Waals surface area (Å²) in [5, 5.41) is 0. The van der Waals surface area contributed by atoms with Crippen molar-refractivity contribution in [3.63, 3.8) is 0 Å². The standard InChI is InChI=1S/C11H17/c1-5-8-11(7-3)9-10(4)6-2/h5,8H,4,6,9H2,1-3H3. The van der Waals surface area contributed by atoms with Crippen molar-refractivity contribution in [3.8, 4) is 0 Å². The molecule has 0 amide bonds. The fraction of sp³-hybridized carbons (Fsp3) is 0.455. The monoisotopic (exact) mass is 149 g/mol. The number of hydrogen-bond donors (Lipinski definition) is 0. The molecule has 0 aliphatic carbocycles. The number of rotatable bonds is 4. The van der Waals surface area contributed by atoms with Gasteiger partial charge in [0.15, 0.2) is 0 Å². The smallest absolute Gasteiger partial charge is 0.00673 e. The molecule has 0 spiro atoms. The summed E-state index contributed by atoms with van der Waals surface area (Å²) in [6, 6.07) is 0. The molecule has 1 radical (unpaired) electrons. The Morgan fingerprint density at radius 1 is 1.55 bits per heavy atom. The molecule has 0 N–H and O–H groups in total. The van der Waals surface area contributed by atoms with Crippen LogP contribution in [0.15, 0.2) is 29.9 Å². The second-order valence-electron chi connectivity index (χ2n) is 2.56. The number of hydrogen-bond acceptors (Lipinski definition) is 0. The van der Waals surface area contributed by atoms with Gasteiger partial charge in [-0.3, -0.25) is 0 Å². The van der Waals surface area contributed by atoms with Gasteiger partial charge in [-0.05, 0) is 38.3 Å². The molecule has 0 aromatic carbocycles. The largest absolute Gasteiger partial charge is 0.0995 e. The maximum Gasteiger partial charge on any atom is -0.00673 e. The molecular weight excluding hydrogens is 132 g/mol. The van der Waals surface area contributed by atoms with Gasteiger partial charge in [0.1, 0.15) is 0 Å². The van der Waals surface area contributed by atoms with E-state index in [1.165, 1.54) is 11.1 Å². The van der Waals surface area contributed by atoms with Gasteiger partial charge in [-0.1, -0.05) is 31.2 Å². The van der Waals surface area contributed by atoms with Crippen LogP contribution in [0.5, 0.6) is 0 Å². The molecule has 0 aliphatic heterocycles. The molecule has 0 fully saturated rings. The minimum atomic E-state index is 0.970. The summed E-state index contributed by atoms with van der Waals surface area (Å²) in [5.74, 6) is 0. The van der Waals surface area contributed by atoms with Crippen molar-refractivity contribution in [1.82, 2.24) is 0 Å². The molecule has 0 aromatic heterocycles. The minimum absolute atomic E-state index is 0.970. The lowest BCUT2D eigenvalue weighted by atomic mass is 10.0. The highest BCUT2D eigenvalue weighted by Crippen LogP contribution is 2.12. The first-order valence-corrected chi connectivity index (χ1v) is 4.07. The summed E-state index contributed by atoms with van der Waals surface area (Å²) in [5.41, 5.74) is 2.51. The molecule has 0 saturated heterocycles. The van der Waals surface area contributed by atoms with Crippen molar-refractivity contribution < 1.29 is 0 Å². The van der Waals surface area contributed by atoms with Gasteiger partial charge < -0.3 is 0 Å². The molecular formula is C11H17. The van der Waals surface area contributed by atoms with Crippen molar-refractivity contribution in [1.29, 1.82) is 0 Å². The molecule has 0 saturated carbocycles. The Morgan fingerprint density at radius 2 is 2.18 bits per heavy atom. The van der Waals surface area contributed by atoms with Gasteiger partial charge in [-0.15, -0.1) is 0 Å². The Kier molecular flexibility index (Phi) is 5.54. The van der Waals surface area contributed by atoms with Crippen LogP contribution in [0, 0.1) is 6.08 Å². The molecule has 11 heavy (non-hydrogen) atoms. The third-order valence-electron chi connectivity index (χ3n) is 1.63. The summed E-state index contributed by atoms with van der Waals surface area (Å²) < 4.78 is 0. The molecule has 0 aliphatic rings. The van der Waals surface area contributed by atoms with E-state index >= 15 is 0 Å². The van der Waals surface area contributed by atoms with E-state index in [2.05, 4.69) is 25.7 Å². The van der Waals surface area contributed by atoms with Gasteiger partial charge in [-0.25, -0.2) is 0 Å². The predicted molar refractivity (Wildman–Crippen MR) is 51.3 cm³/mol. The third-order valence-corrected chi connectivity index (χ3v) is 1.63. The summed E-state index contributed by atoms with van der Waals surface area (Å²) >= 11 is 0. The van der Waals surface area contributed by atoms with Gasteiger partial charge in [0.2, 0.25) is 0 Å². The molecule has 61 valence electrons. The zero-order valence-corrected chi connectivity index (χ0v) is 7.78. The first-order valence-electron chi connectivity index (χ1n) is 4.07. The van der Waals surface area contributed by atoms with E-state index in [0.717, 1.165) is 12.8 Å². The van der Waals surface area contributed by atoms with Crippen molar-refractivity contribution in [2.24, 2.45) is 0 Å². The van der Waals surface area contributed by atoms with E-state index in [4.69, 9.17) is 0 Å². The van der Waals surface area contributed by atoms with E-state index in [0.29, 0.717) is 0 Å². The first-order chi connectivity index (χ1) is 5.24. The Bertz CT molecular complexity index is 170. The van der Waals surface area contributed by atoms with Crippen LogP contribution in [-0.2, 0) is 0 Å². The zero-order valence-electron chi connectivity index (χ0n) is 7.78.